The van der Waals surface area contributed by atoms with Crippen LogP contribution < -0.4 is 10.6 Å². The molecule has 0 saturated carbocycles. The molecule has 23 heavy (non-hydrogen) atoms. The maximum absolute atomic E-state index is 5.56. The van der Waals surface area contributed by atoms with Crippen molar-refractivity contribution in [3.05, 3.63) is 0 Å². The van der Waals surface area contributed by atoms with Crippen molar-refractivity contribution in [2.24, 2.45) is 4.99 Å². The maximum atomic E-state index is 5.56. The first-order chi connectivity index (χ1) is 11.1. The third kappa shape index (κ3) is 8.53. The average molecular weight is 329 g/mol. The first-order valence-corrected chi connectivity index (χ1v) is 8.95. The number of nitrogens with one attached hydrogen (secondary N) is 2. The Morgan fingerprint density at radius 1 is 1.17 bits per heavy atom. The van der Waals surface area contributed by atoms with Crippen LogP contribution in [-0.2, 0) is 9.47 Å². The number of nitrogens with zero attached hydrogens (tertiary/aromatic N) is 2. The van der Waals surface area contributed by atoms with E-state index in [-0.39, 0.29) is 5.54 Å². The van der Waals surface area contributed by atoms with Gasteiger partial charge < -0.3 is 20.1 Å². The SMILES string of the molecule is CCCCOCCCNC(=NC)NCC(C)(C)N1CCOCC1. The van der Waals surface area contributed by atoms with Crippen molar-refractivity contribution in [3.63, 3.8) is 0 Å². The van der Waals surface area contributed by atoms with E-state index in [1.807, 2.05) is 7.05 Å². The molecular formula is C17H36N4O2. The smallest absolute Gasteiger partial charge is 0.191 e. The monoisotopic (exact) mass is 328 g/mol. The second-order valence-corrected chi connectivity index (χ2v) is 6.58. The molecule has 1 saturated heterocycles. The zero-order valence-corrected chi connectivity index (χ0v) is 15.5. The number of unbranched alkanes of at least 4 members (excludes halogenated alkanes) is 1. The Labute approximate surface area is 142 Å². The second kappa shape index (κ2) is 11.6. The summed E-state index contributed by atoms with van der Waals surface area (Å²) in [5, 5.41) is 6.79. The predicted octanol–water partition coefficient (Wildman–Crippen LogP) is 1.47. The van der Waals surface area contributed by atoms with Gasteiger partial charge in [-0.15, -0.1) is 0 Å². The van der Waals surface area contributed by atoms with Crippen LogP contribution in [0.2, 0.25) is 0 Å². The highest BCUT2D eigenvalue weighted by molar-refractivity contribution is 5.79. The van der Waals surface area contributed by atoms with Crippen LogP contribution in [0.5, 0.6) is 0 Å². The average Bonchev–Trinajstić information content (AvgIpc) is 2.57. The molecule has 0 radical (unpaired) electrons. The fourth-order valence-corrected chi connectivity index (χ4v) is 2.53. The molecule has 0 spiro atoms. The van der Waals surface area contributed by atoms with Crippen LogP contribution in [0, 0.1) is 0 Å². The molecule has 0 bridgehead atoms. The van der Waals surface area contributed by atoms with Crippen molar-refractivity contribution in [2.45, 2.75) is 45.6 Å². The molecule has 0 unspecified atom stereocenters. The number of rotatable bonds is 10. The van der Waals surface area contributed by atoms with E-state index in [9.17, 15) is 0 Å². The molecule has 2 N–H and O–H groups in total. The van der Waals surface area contributed by atoms with Gasteiger partial charge in [0.2, 0.25) is 0 Å². The van der Waals surface area contributed by atoms with Gasteiger partial charge in [0.05, 0.1) is 13.2 Å². The predicted molar refractivity (Wildman–Crippen MR) is 96.2 cm³/mol. The van der Waals surface area contributed by atoms with Crippen molar-refractivity contribution >= 4 is 5.96 Å². The molecule has 136 valence electrons. The molecule has 0 amide bonds. The van der Waals surface area contributed by atoms with Gasteiger partial charge in [-0.2, -0.15) is 0 Å². The van der Waals surface area contributed by atoms with Gasteiger partial charge in [0.15, 0.2) is 5.96 Å². The quantitative estimate of drug-likeness (QED) is 0.361. The molecular weight excluding hydrogens is 292 g/mol. The summed E-state index contributed by atoms with van der Waals surface area (Å²) in [5.41, 5.74) is 0.0880. The first kappa shape index (κ1) is 20.2. The van der Waals surface area contributed by atoms with Gasteiger partial charge in [-0.25, -0.2) is 0 Å². The highest BCUT2D eigenvalue weighted by Crippen LogP contribution is 2.14. The van der Waals surface area contributed by atoms with Crippen LogP contribution in [0.3, 0.4) is 0 Å². The van der Waals surface area contributed by atoms with E-state index in [2.05, 4.69) is 41.3 Å². The molecule has 0 aliphatic carbocycles. The topological polar surface area (TPSA) is 58.1 Å². The first-order valence-electron chi connectivity index (χ1n) is 8.95. The minimum absolute atomic E-state index is 0.0880. The highest BCUT2D eigenvalue weighted by atomic mass is 16.5. The van der Waals surface area contributed by atoms with Crippen molar-refractivity contribution in [1.29, 1.82) is 0 Å². The molecule has 6 heteroatoms. The fourth-order valence-electron chi connectivity index (χ4n) is 2.53. The summed E-state index contributed by atoms with van der Waals surface area (Å²) in [6.45, 7) is 13.8. The zero-order valence-electron chi connectivity index (χ0n) is 15.5. The minimum Gasteiger partial charge on any atom is -0.381 e. The Hall–Kier alpha value is -0.850. The molecule has 1 rings (SSSR count). The van der Waals surface area contributed by atoms with Crippen LogP contribution in [0.1, 0.15) is 40.0 Å². The van der Waals surface area contributed by atoms with E-state index in [1.165, 1.54) is 6.42 Å². The summed E-state index contributed by atoms with van der Waals surface area (Å²) in [4.78, 5) is 6.76. The van der Waals surface area contributed by atoms with E-state index < -0.39 is 0 Å². The Bertz CT molecular complexity index is 329. The second-order valence-electron chi connectivity index (χ2n) is 6.58. The van der Waals surface area contributed by atoms with Crippen molar-refractivity contribution in [3.8, 4) is 0 Å². The molecule has 0 aromatic rings. The van der Waals surface area contributed by atoms with Crippen molar-refractivity contribution in [1.82, 2.24) is 15.5 Å². The van der Waals surface area contributed by atoms with E-state index in [1.54, 1.807) is 0 Å². The number of aliphatic imine (C=N–C) groups is 1. The van der Waals surface area contributed by atoms with Gasteiger partial charge in [-0.3, -0.25) is 9.89 Å². The van der Waals surface area contributed by atoms with E-state index >= 15 is 0 Å². The van der Waals surface area contributed by atoms with Gasteiger partial charge in [-0.1, -0.05) is 13.3 Å². The number of ether oxygens (including phenoxy) is 2. The minimum atomic E-state index is 0.0880. The number of guanidine groups is 1. The van der Waals surface area contributed by atoms with Crippen LogP contribution >= 0.6 is 0 Å². The standard InChI is InChI=1S/C17H36N4O2/c1-5-6-11-22-12-7-8-19-16(18-4)20-15-17(2,3)21-9-13-23-14-10-21/h5-15H2,1-4H3,(H2,18,19,20). The van der Waals surface area contributed by atoms with E-state index in [4.69, 9.17) is 9.47 Å². The maximum Gasteiger partial charge on any atom is 0.191 e. The van der Waals surface area contributed by atoms with E-state index in [0.717, 1.165) is 71.4 Å². The lowest BCUT2D eigenvalue weighted by Crippen LogP contribution is -2.56. The zero-order chi connectivity index (χ0) is 17.0. The Morgan fingerprint density at radius 2 is 1.87 bits per heavy atom. The Kier molecular flexibility index (Phi) is 10.2. The molecule has 0 aromatic heterocycles. The van der Waals surface area contributed by atoms with Crippen LogP contribution in [0.25, 0.3) is 0 Å². The molecule has 1 aliphatic heterocycles. The molecule has 1 fully saturated rings. The summed E-state index contributed by atoms with van der Waals surface area (Å²) in [5.74, 6) is 0.861. The lowest BCUT2D eigenvalue weighted by Gasteiger charge is -2.41. The fraction of sp³-hybridized carbons (Fsp3) is 0.941. The normalized spacial score (nSPS) is 17.3. The third-order valence-corrected chi connectivity index (χ3v) is 4.18. The molecule has 6 nitrogen and oxygen atoms in total. The van der Waals surface area contributed by atoms with Crippen molar-refractivity contribution in [2.75, 3.05) is 59.7 Å². The van der Waals surface area contributed by atoms with Crippen molar-refractivity contribution < 1.29 is 9.47 Å². The van der Waals surface area contributed by atoms with Gasteiger partial charge >= 0.3 is 0 Å². The molecule has 0 atom stereocenters. The summed E-state index contributed by atoms with van der Waals surface area (Å²) < 4.78 is 11.0. The number of hydrogen-bond donors (Lipinski definition) is 2. The third-order valence-electron chi connectivity index (χ3n) is 4.18. The van der Waals surface area contributed by atoms with Crippen LogP contribution in [0.15, 0.2) is 4.99 Å². The summed E-state index contributed by atoms with van der Waals surface area (Å²) in [7, 11) is 1.81. The largest absolute Gasteiger partial charge is 0.381 e. The van der Waals surface area contributed by atoms with Gasteiger partial charge in [0, 0.05) is 52.0 Å². The summed E-state index contributed by atoms with van der Waals surface area (Å²) in [6.07, 6.45) is 3.33. The van der Waals surface area contributed by atoms with Crippen LogP contribution in [-0.4, -0.2) is 76.1 Å². The summed E-state index contributed by atoms with van der Waals surface area (Å²) in [6, 6.07) is 0. The van der Waals surface area contributed by atoms with Crippen LogP contribution in [0.4, 0.5) is 0 Å². The highest BCUT2D eigenvalue weighted by Gasteiger charge is 2.28. The number of hydrogen-bond acceptors (Lipinski definition) is 4. The number of morpholine rings is 1. The Morgan fingerprint density at radius 3 is 2.52 bits per heavy atom. The molecule has 1 heterocycles. The van der Waals surface area contributed by atoms with Gasteiger partial charge in [0.25, 0.3) is 0 Å². The molecule has 0 aromatic carbocycles. The molecule has 1 aliphatic rings. The Balaban J connectivity index is 2.17. The lowest BCUT2D eigenvalue weighted by atomic mass is 10.0. The lowest BCUT2D eigenvalue weighted by molar-refractivity contribution is -0.00834. The summed E-state index contributed by atoms with van der Waals surface area (Å²) >= 11 is 0. The van der Waals surface area contributed by atoms with E-state index in [0.29, 0.717) is 0 Å². The van der Waals surface area contributed by atoms with Gasteiger partial charge in [-0.05, 0) is 26.7 Å². The van der Waals surface area contributed by atoms with Gasteiger partial charge in [0.1, 0.15) is 0 Å².